The highest BCUT2D eigenvalue weighted by Crippen LogP contribution is 2.30. The van der Waals surface area contributed by atoms with Gasteiger partial charge in [-0.15, -0.1) is 0 Å². The quantitative estimate of drug-likeness (QED) is 0.472. The maximum atomic E-state index is 12.2. The van der Waals surface area contributed by atoms with Gasteiger partial charge >= 0.3 is 5.97 Å². The zero-order valence-corrected chi connectivity index (χ0v) is 18.4. The highest BCUT2D eigenvalue weighted by atomic mass is 35.5. The van der Waals surface area contributed by atoms with E-state index in [2.05, 4.69) is 19.9 Å². The predicted octanol–water partition coefficient (Wildman–Crippen LogP) is 5.41. The molecule has 0 bridgehead atoms. The van der Waals surface area contributed by atoms with Crippen LogP contribution in [0, 0.1) is 0 Å². The third-order valence-corrected chi connectivity index (χ3v) is 5.29. The summed E-state index contributed by atoms with van der Waals surface area (Å²) >= 11 is 12.2. The van der Waals surface area contributed by atoms with E-state index in [9.17, 15) is 4.79 Å². The fraction of sp³-hybridized carbons (Fsp3) is 0.273. The smallest absolute Gasteiger partial charge is 0.338 e. The Morgan fingerprint density at radius 1 is 0.968 bits per heavy atom. The first-order chi connectivity index (χ1) is 15.0. The van der Waals surface area contributed by atoms with Crippen LogP contribution in [0.5, 0.6) is 11.6 Å². The first-order valence-electron chi connectivity index (χ1n) is 9.83. The minimum Gasteiger partial charge on any atom is -0.465 e. The fourth-order valence-corrected chi connectivity index (χ4v) is 3.91. The Labute approximate surface area is 190 Å². The normalized spacial score (nSPS) is 13.7. The number of carbonyl (C=O) groups excluding carboxylic acids is 1. The van der Waals surface area contributed by atoms with Crippen molar-refractivity contribution in [2.24, 2.45) is 0 Å². The van der Waals surface area contributed by atoms with E-state index in [0.717, 1.165) is 25.9 Å². The van der Waals surface area contributed by atoms with Crippen molar-refractivity contribution >= 4 is 35.1 Å². The van der Waals surface area contributed by atoms with Crippen LogP contribution >= 0.6 is 23.2 Å². The predicted molar refractivity (Wildman–Crippen MR) is 119 cm³/mol. The second-order valence-corrected chi connectivity index (χ2v) is 7.97. The Balaban J connectivity index is 1.63. The Morgan fingerprint density at radius 2 is 1.65 bits per heavy atom. The number of pyridine rings is 1. The highest BCUT2D eigenvalue weighted by molar-refractivity contribution is 6.35. The van der Waals surface area contributed by atoms with Crippen molar-refractivity contribution < 1.29 is 14.3 Å². The van der Waals surface area contributed by atoms with E-state index >= 15 is 0 Å². The van der Waals surface area contributed by atoms with Crippen molar-refractivity contribution in [1.29, 1.82) is 0 Å². The van der Waals surface area contributed by atoms with Crippen molar-refractivity contribution in [1.82, 2.24) is 15.0 Å². The molecule has 0 saturated carbocycles. The summed E-state index contributed by atoms with van der Waals surface area (Å²) in [7, 11) is 1.31. The summed E-state index contributed by atoms with van der Waals surface area (Å²) in [6, 6.07) is 8.13. The molecule has 0 N–H and O–H groups in total. The molecule has 1 aliphatic rings. The van der Waals surface area contributed by atoms with Crippen molar-refractivity contribution in [3.8, 4) is 22.9 Å². The van der Waals surface area contributed by atoms with Gasteiger partial charge in [0.25, 0.3) is 0 Å². The van der Waals surface area contributed by atoms with E-state index in [1.807, 2.05) is 0 Å². The van der Waals surface area contributed by atoms with Crippen molar-refractivity contribution in [3.05, 3.63) is 58.3 Å². The molecule has 1 fully saturated rings. The molecule has 0 amide bonds. The molecule has 2 aromatic heterocycles. The Morgan fingerprint density at radius 3 is 2.29 bits per heavy atom. The van der Waals surface area contributed by atoms with Gasteiger partial charge in [0.2, 0.25) is 11.8 Å². The average Bonchev–Trinajstić information content (AvgIpc) is 2.79. The molecule has 3 aromatic rings. The number of halogens is 2. The lowest BCUT2D eigenvalue weighted by Crippen LogP contribution is -2.30. The summed E-state index contributed by atoms with van der Waals surface area (Å²) in [6.07, 6.45) is 6.71. The number of nitrogens with zero attached hydrogens (tertiary/aromatic N) is 4. The molecule has 31 heavy (non-hydrogen) atoms. The summed E-state index contributed by atoms with van der Waals surface area (Å²) in [6.45, 7) is 1.91. The molecule has 1 saturated heterocycles. The van der Waals surface area contributed by atoms with Crippen LogP contribution in [0.4, 0.5) is 5.95 Å². The van der Waals surface area contributed by atoms with Crippen LogP contribution in [0.2, 0.25) is 10.0 Å². The third-order valence-electron chi connectivity index (χ3n) is 4.86. The summed E-state index contributed by atoms with van der Waals surface area (Å²) in [5.74, 6) is 0.768. The van der Waals surface area contributed by atoms with Crippen LogP contribution < -0.4 is 9.64 Å². The number of carbonyl (C=O) groups is 1. The van der Waals surface area contributed by atoms with Gasteiger partial charge in [-0.05, 0) is 43.5 Å². The maximum Gasteiger partial charge on any atom is 0.338 e. The van der Waals surface area contributed by atoms with Gasteiger partial charge < -0.3 is 14.4 Å². The molecule has 0 unspecified atom stereocenters. The lowest BCUT2D eigenvalue weighted by atomic mass is 10.1. The minimum absolute atomic E-state index is 0.198. The molecule has 4 rings (SSSR count). The number of hydrogen-bond acceptors (Lipinski definition) is 7. The number of aromatic nitrogens is 3. The summed E-state index contributed by atoms with van der Waals surface area (Å²) in [4.78, 5) is 27.6. The molecular formula is C22H20Cl2N4O3. The van der Waals surface area contributed by atoms with E-state index in [0.29, 0.717) is 33.0 Å². The topological polar surface area (TPSA) is 77.4 Å². The van der Waals surface area contributed by atoms with Gasteiger partial charge in [-0.2, -0.15) is 0 Å². The molecule has 160 valence electrons. The molecule has 1 aromatic carbocycles. The molecule has 0 atom stereocenters. The van der Waals surface area contributed by atoms with Gasteiger partial charge in [-0.3, -0.25) is 0 Å². The summed E-state index contributed by atoms with van der Waals surface area (Å²) < 4.78 is 10.7. The van der Waals surface area contributed by atoms with Gasteiger partial charge in [-0.1, -0.05) is 23.2 Å². The second-order valence-electron chi connectivity index (χ2n) is 7.10. The monoisotopic (exact) mass is 458 g/mol. The van der Waals surface area contributed by atoms with Crippen molar-refractivity contribution in [2.45, 2.75) is 19.3 Å². The maximum absolute atomic E-state index is 12.2. The van der Waals surface area contributed by atoms with Crippen molar-refractivity contribution in [3.63, 3.8) is 0 Å². The van der Waals surface area contributed by atoms with Gasteiger partial charge in [0.15, 0.2) is 5.75 Å². The zero-order chi connectivity index (χ0) is 21.8. The summed E-state index contributed by atoms with van der Waals surface area (Å²) in [5, 5.41) is 0.911. The van der Waals surface area contributed by atoms with Gasteiger partial charge in [0.1, 0.15) is 0 Å². The minimum atomic E-state index is -0.515. The lowest BCUT2D eigenvalue weighted by Gasteiger charge is -2.26. The number of benzene rings is 1. The van der Waals surface area contributed by atoms with Crippen LogP contribution in [-0.4, -0.2) is 41.1 Å². The van der Waals surface area contributed by atoms with Crippen LogP contribution in [-0.2, 0) is 4.74 Å². The van der Waals surface area contributed by atoms with Crippen LogP contribution in [0.25, 0.3) is 11.3 Å². The molecule has 3 heterocycles. The second kappa shape index (κ2) is 9.49. The van der Waals surface area contributed by atoms with Gasteiger partial charge in [0, 0.05) is 34.8 Å². The third kappa shape index (κ3) is 5.24. The number of methoxy groups -OCH3 is 1. The number of piperidine rings is 1. The molecule has 9 heteroatoms. The van der Waals surface area contributed by atoms with Crippen molar-refractivity contribution in [2.75, 3.05) is 25.1 Å². The highest BCUT2D eigenvalue weighted by Gasteiger charge is 2.16. The van der Waals surface area contributed by atoms with Gasteiger partial charge in [0.05, 0.1) is 30.8 Å². The molecule has 0 aliphatic carbocycles. The molecular weight excluding hydrogens is 439 g/mol. The van der Waals surface area contributed by atoms with E-state index in [-0.39, 0.29) is 11.4 Å². The Bertz CT molecular complexity index is 1070. The molecule has 0 spiro atoms. The number of rotatable bonds is 5. The fourth-order valence-electron chi connectivity index (χ4n) is 3.38. The summed E-state index contributed by atoms with van der Waals surface area (Å²) in [5.41, 5.74) is 1.39. The Kier molecular flexibility index (Phi) is 6.53. The SMILES string of the molecule is COC(=O)c1cc(Oc2cnc(N3CCCCC3)nc2)nc(-c2cc(Cl)cc(Cl)c2)c1. The largest absolute Gasteiger partial charge is 0.465 e. The van der Waals surface area contributed by atoms with E-state index < -0.39 is 5.97 Å². The number of anilines is 1. The molecule has 1 aliphatic heterocycles. The molecule has 7 nitrogen and oxygen atoms in total. The van der Waals surface area contributed by atoms with Crippen LogP contribution in [0.15, 0.2) is 42.7 Å². The van der Waals surface area contributed by atoms with E-state index in [1.54, 1.807) is 36.7 Å². The van der Waals surface area contributed by atoms with Gasteiger partial charge in [-0.25, -0.2) is 19.7 Å². The molecule has 0 radical (unpaired) electrons. The number of hydrogen-bond donors (Lipinski definition) is 0. The lowest BCUT2D eigenvalue weighted by molar-refractivity contribution is 0.0600. The number of ether oxygens (including phenoxy) is 2. The Hall–Kier alpha value is -2.90. The van der Waals surface area contributed by atoms with Crippen LogP contribution in [0.3, 0.4) is 0 Å². The first kappa shape index (κ1) is 21.3. The van der Waals surface area contributed by atoms with E-state index in [4.69, 9.17) is 32.7 Å². The average molecular weight is 459 g/mol. The first-order valence-corrected chi connectivity index (χ1v) is 10.6. The van der Waals surface area contributed by atoms with Crippen LogP contribution in [0.1, 0.15) is 29.6 Å². The standard InChI is InChI=1S/C22H20Cl2N4O3/c1-30-21(29)15-9-19(14-7-16(23)11-17(24)8-14)27-20(10-15)31-18-12-25-22(26-13-18)28-5-3-2-4-6-28/h7-13H,2-6H2,1H3. The number of esters is 1. The van der Waals surface area contributed by atoms with E-state index in [1.165, 1.54) is 19.6 Å². The zero-order valence-electron chi connectivity index (χ0n) is 16.8.